The molecule has 2 atom stereocenters. The van der Waals surface area contributed by atoms with Gasteiger partial charge >= 0.3 is 0 Å². The van der Waals surface area contributed by atoms with Gasteiger partial charge in [-0.25, -0.2) is 0 Å². The van der Waals surface area contributed by atoms with Crippen molar-refractivity contribution in [3.63, 3.8) is 0 Å². The van der Waals surface area contributed by atoms with E-state index in [2.05, 4.69) is 90.7 Å². The topological polar surface area (TPSA) is 9.23 Å². The summed E-state index contributed by atoms with van der Waals surface area (Å²) >= 11 is 2.53. The molecule has 0 heterocycles. The van der Waals surface area contributed by atoms with Crippen molar-refractivity contribution in [3.05, 3.63) is 35.4 Å². The second-order valence-corrected chi connectivity index (χ2v) is 16.8. The molecule has 1 aliphatic carbocycles. The standard InChI is InChI=1S/C16H23IOSi2/c1-19(2,3)10-11-20(4,5)18-16-14-9-7-6-8-13(14)12-15(16)17/h6-9,15-16H,12H2,1-5H3. The quantitative estimate of drug-likeness (QED) is 0.294. The molecule has 0 saturated heterocycles. The smallest absolute Gasteiger partial charge is 0.265 e. The Bertz CT molecular complexity index is 552. The fourth-order valence-electron chi connectivity index (χ4n) is 2.33. The molecule has 0 radical (unpaired) electrons. The van der Waals surface area contributed by atoms with Crippen LogP contribution in [0.2, 0.25) is 32.7 Å². The van der Waals surface area contributed by atoms with E-state index in [0.29, 0.717) is 3.92 Å². The molecule has 0 amide bonds. The zero-order chi connectivity index (χ0) is 15.0. The van der Waals surface area contributed by atoms with E-state index in [4.69, 9.17) is 4.43 Å². The maximum Gasteiger partial charge on any atom is 0.265 e. The summed E-state index contributed by atoms with van der Waals surface area (Å²) in [6, 6.07) is 8.69. The third-order valence-electron chi connectivity index (χ3n) is 3.27. The number of benzene rings is 1. The van der Waals surface area contributed by atoms with Crippen molar-refractivity contribution in [2.45, 2.75) is 49.2 Å². The van der Waals surface area contributed by atoms with Gasteiger partial charge in [0.15, 0.2) is 0 Å². The monoisotopic (exact) mass is 414 g/mol. The van der Waals surface area contributed by atoms with Crippen molar-refractivity contribution in [2.75, 3.05) is 0 Å². The molecule has 0 fully saturated rings. The molecule has 2 unspecified atom stereocenters. The Morgan fingerprint density at radius 3 is 2.40 bits per heavy atom. The summed E-state index contributed by atoms with van der Waals surface area (Å²) < 4.78 is 7.05. The van der Waals surface area contributed by atoms with Gasteiger partial charge in [-0.15, -0.1) is 11.1 Å². The highest BCUT2D eigenvalue weighted by molar-refractivity contribution is 14.1. The van der Waals surface area contributed by atoms with Crippen LogP contribution in [0.25, 0.3) is 0 Å². The molecule has 1 aromatic carbocycles. The number of alkyl halides is 1. The molecule has 0 N–H and O–H groups in total. The first-order valence-electron chi connectivity index (χ1n) is 7.12. The van der Waals surface area contributed by atoms with E-state index in [9.17, 15) is 0 Å². The molecule has 0 bridgehead atoms. The maximum absolute atomic E-state index is 6.51. The molecule has 0 aliphatic heterocycles. The zero-order valence-electron chi connectivity index (χ0n) is 13.0. The Morgan fingerprint density at radius 2 is 1.75 bits per heavy atom. The van der Waals surface area contributed by atoms with Crippen molar-refractivity contribution in [1.82, 2.24) is 0 Å². The van der Waals surface area contributed by atoms with Gasteiger partial charge in [-0.3, -0.25) is 0 Å². The molecule has 108 valence electrons. The van der Waals surface area contributed by atoms with Crippen molar-refractivity contribution in [3.8, 4) is 11.1 Å². The first-order chi connectivity index (χ1) is 9.18. The predicted molar refractivity (Wildman–Crippen MR) is 100 cm³/mol. The average molecular weight is 414 g/mol. The number of halogens is 1. The highest BCUT2D eigenvalue weighted by atomic mass is 127. The number of fused-ring (bicyclic) bond motifs is 1. The van der Waals surface area contributed by atoms with Crippen LogP contribution in [0.3, 0.4) is 0 Å². The van der Waals surface area contributed by atoms with Gasteiger partial charge in [0.05, 0.1) is 6.10 Å². The lowest BCUT2D eigenvalue weighted by molar-refractivity contribution is 0.214. The summed E-state index contributed by atoms with van der Waals surface area (Å²) in [7, 11) is -3.24. The SMILES string of the molecule is C[Si](C)(C)C#C[Si](C)(C)OC1c2ccccc2CC1I. The highest BCUT2D eigenvalue weighted by Gasteiger charge is 2.36. The number of rotatable bonds is 2. The lowest BCUT2D eigenvalue weighted by Gasteiger charge is -2.25. The van der Waals surface area contributed by atoms with Crippen LogP contribution in [-0.2, 0) is 10.8 Å². The Kier molecular flexibility index (Phi) is 4.85. The van der Waals surface area contributed by atoms with E-state index in [-0.39, 0.29) is 6.10 Å². The Hall–Kier alpha value is -0.0962. The average Bonchev–Trinajstić information content (AvgIpc) is 2.63. The van der Waals surface area contributed by atoms with Crippen LogP contribution >= 0.6 is 22.6 Å². The molecule has 1 nitrogen and oxygen atoms in total. The molecule has 2 rings (SSSR count). The molecule has 20 heavy (non-hydrogen) atoms. The van der Waals surface area contributed by atoms with Gasteiger partial charge in [-0.05, 0) is 30.6 Å². The van der Waals surface area contributed by atoms with Crippen molar-refractivity contribution in [1.29, 1.82) is 0 Å². The summed E-state index contributed by atoms with van der Waals surface area (Å²) in [5.74, 6) is 0. The lowest BCUT2D eigenvalue weighted by atomic mass is 10.1. The summed E-state index contributed by atoms with van der Waals surface area (Å²) in [6.45, 7) is 11.3. The second kappa shape index (κ2) is 5.95. The van der Waals surface area contributed by atoms with Crippen molar-refractivity contribution >= 4 is 39.0 Å². The van der Waals surface area contributed by atoms with Gasteiger partial charge in [0.1, 0.15) is 8.07 Å². The Balaban J connectivity index is 2.19. The van der Waals surface area contributed by atoms with Crippen LogP contribution < -0.4 is 0 Å². The van der Waals surface area contributed by atoms with Crippen molar-refractivity contribution in [2.24, 2.45) is 0 Å². The molecule has 1 aromatic rings. The van der Waals surface area contributed by atoms with E-state index >= 15 is 0 Å². The minimum absolute atomic E-state index is 0.226. The van der Waals surface area contributed by atoms with Gasteiger partial charge in [0.25, 0.3) is 8.32 Å². The zero-order valence-corrected chi connectivity index (χ0v) is 17.1. The molecular formula is C16H23IOSi2. The van der Waals surface area contributed by atoms with Gasteiger partial charge in [0.2, 0.25) is 0 Å². The van der Waals surface area contributed by atoms with Crippen LogP contribution in [0.1, 0.15) is 17.2 Å². The fourth-order valence-corrected chi connectivity index (χ4v) is 7.31. The van der Waals surface area contributed by atoms with E-state index in [0.717, 1.165) is 6.42 Å². The van der Waals surface area contributed by atoms with Gasteiger partial charge in [-0.1, -0.05) is 66.5 Å². The van der Waals surface area contributed by atoms with E-state index < -0.39 is 16.4 Å². The van der Waals surface area contributed by atoms with E-state index in [1.54, 1.807) is 0 Å². The fraction of sp³-hybridized carbons (Fsp3) is 0.500. The summed E-state index contributed by atoms with van der Waals surface area (Å²) in [5.41, 5.74) is 9.82. The summed E-state index contributed by atoms with van der Waals surface area (Å²) in [5, 5.41) is 0. The first-order valence-corrected chi connectivity index (χ1v) is 14.8. The minimum Gasteiger partial charge on any atom is -0.397 e. The Labute approximate surface area is 138 Å². The van der Waals surface area contributed by atoms with Crippen LogP contribution in [0.4, 0.5) is 0 Å². The minimum atomic E-state index is -1.92. The third kappa shape index (κ3) is 4.20. The van der Waals surface area contributed by atoms with Gasteiger partial charge in [-0.2, -0.15) is 0 Å². The molecule has 0 spiro atoms. The van der Waals surface area contributed by atoms with E-state index in [1.165, 1.54) is 11.1 Å². The molecule has 0 aromatic heterocycles. The van der Waals surface area contributed by atoms with E-state index in [1.807, 2.05) is 0 Å². The van der Waals surface area contributed by atoms with Crippen LogP contribution in [0.15, 0.2) is 24.3 Å². The largest absolute Gasteiger partial charge is 0.397 e. The van der Waals surface area contributed by atoms with Gasteiger partial charge in [0, 0.05) is 3.92 Å². The molecule has 4 heteroatoms. The normalized spacial score (nSPS) is 22.1. The molecular weight excluding hydrogens is 391 g/mol. The maximum atomic E-state index is 6.51. The van der Waals surface area contributed by atoms with Crippen LogP contribution in [0.5, 0.6) is 0 Å². The van der Waals surface area contributed by atoms with Gasteiger partial charge < -0.3 is 4.43 Å². The molecule has 0 saturated carbocycles. The van der Waals surface area contributed by atoms with Crippen LogP contribution in [0, 0.1) is 11.1 Å². The number of hydrogen-bond acceptors (Lipinski definition) is 1. The molecule has 1 aliphatic rings. The Morgan fingerprint density at radius 1 is 1.10 bits per heavy atom. The summed E-state index contributed by atoms with van der Waals surface area (Å²) in [6.07, 6.45) is 1.34. The lowest BCUT2D eigenvalue weighted by Crippen LogP contribution is -2.33. The highest BCUT2D eigenvalue weighted by Crippen LogP contribution is 2.40. The second-order valence-electron chi connectivity index (χ2n) is 6.97. The predicted octanol–water partition coefficient (Wildman–Crippen LogP) is 4.73. The number of hydrogen-bond donors (Lipinski definition) is 0. The van der Waals surface area contributed by atoms with Crippen LogP contribution in [-0.4, -0.2) is 20.3 Å². The third-order valence-corrected chi connectivity index (χ3v) is 7.05. The first kappa shape index (κ1) is 16.3. The summed E-state index contributed by atoms with van der Waals surface area (Å²) in [4.78, 5) is 0. The van der Waals surface area contributed by atoms with Crippen molar-refractivity contribution < 1.29 is 4.43 Å².